The van der Waals surface area contributed by atoms with E-state index in [1.165, 1.54) is 25.8 Å². The third kappa shape index (κ3) is 3.28. The van der Waals surface area contributed by atoms with Crippen LogP contribution in [0.15, 0.2) is 0 Å². The average Bonchev–Trinajstić information content (AvgIpc) is 2.03. The van der Waals surface area contributed by atoms with Crippen LogP contribution in [0, 0.1) is 5.92 Å². The summed E-state index contributed by atoms with van der Waals surface area (Å²) in [5, 5.41) is 0. The maximum absolute atomic E-state index is 6.04. The van der Waals surface area contributed by atoms with E-state index < -0.39 is 0 Å². The summed E-state index contributed by atoms with van der Waals surface area (Å²) in [5.74, 6) is 0.844. The number of nitrogens with zero attached hydrogens (tertiary/aromatic N) is 1. The Kier molecular flexibility index (Phi) is 4.20. The van der Waals surface area contributed by atoms with Crippen LogP contribution in [0.4, 0.5) is 0 Å². The van der Waals surface area contributed by atoms with Gasteiger partial charge in [-0.25, -0.2) is 0 Å². The highest BCUT2D eigenvalue weighted by molar-refractivity contribution is 4.82. The first-order chi connectivity index (χ1) is 6.13. The van der Waals surface area contributed by atoms with Gasteiger partial charge in [-0.3, -0.25) is 4.90 Å². The fraction of sp³-hybridized carbons (Fsp3) is 1.00. The largest absolute Gasteiger partial charge is 0.327 e. The van der Waals surface area contributed by atoms with Crippen LogP contribution in [0.1, 0.15) is 40.0 Å². The molecular formula is C11H24N2. The van der Waals surface area contributed by atoms with Crippen LogP contribution in [0.5, 0.6) is 0 Å². The first-order valence-corrected chi connectivity index (χ1v) is 5.63. The summed E-state index contributed by atoms with van der Waals surface area (Å²) < 4.78 is 0. The van der Waals surface area contributed by atoms with Crippen molar-refractivity contribution in [2.75, 3.05) is 13.1 Å². The van der Waals surface area contributed by atoms with Gasteiger partial charge in [0, 0.05) is 25.2 Å². The molecule has 1 fully saturated rings. The Morgan fingerprint density at radius 1 is 1.38 bits per heavy atom. The van der Waals surface area contributed by atoms with Gasteiger partial charge >= 0.3 is 0 Å². The highest BCUT2D eigenvalue weighted by atomic mass is 15.2. The van der Waals surface area contributed by atoms with Gasteiger partial charge in [-0.15, -0.1) is 0 Å². The van der Waals surface area contributed by atoms with E-state index in [2.05, 4.69) is 25.7 Å². The number of likely N-dealkylation sites (tertiary alicyclic amines) is 1. The number of nitrogens with two attached hydrogens (primary N) is 1. The molecule has 0 aromatic carbocycles. The molecule has 0 amide bonds. The zero-order chi connectivity index (χ0) is 9.84. The van der Waals surface area contributed by atoms with Gasteiger partial charge < -0.3 is 5.73 Å². The van der Waals surface area contributed by atoms with Crippen LogP contribution >= 0.6 is 0 Å². The molecule has 0 aliphatic carbocycles. The average molecular weight is 184 g/mol. The van der Waals surface area contributed by atoms with Crippen molar-refractivity contribution >= 4 is 0 Å². The molecule has 1 saturated heterocycles. The second-order valence-corrected chi connectivity index (χ2v) is 4.70. The lowest BCUT2D eigenvalue weighted by Gasteiger charge is -2.38. The Labute approximate surface area is 82.5 Å². The van der Waals surface area contributed by atoms with E-state index in [9.17, 15) is 0 Å². The van der Waals surface area contributed by atoms with Gasteiger partial charge in [0.2, 0.25) is 0 Å². The number of piperidine rings is 1. The molecule has 2 atom stereocenters. The Balaban J connectivity index is 2.42. The Morgan fingerprint density at radius 2 is 2.08 bits per heavy atom. The van der Waals surface area contributed by atoms with Gasteiger partial charge in [-0.1, -0.05) is 13.3 Å². The van der Waals surface area contributed by atoms with Crippen LogP contribution in [0.2, 0.25) is 0 Å². The lowest BCUT2D eigenvalue weighted by molar-refractivity contribution is 0.120. The Morgan fingerprint density at radius 3 is 2.62 bits per heavy atom. The molecule has 0 bridgehead atoms. The van der Waals surface area contributed by atoms with E-state index in [1.807, 2.05) is 0 Å². The quantitative estimate of drug-likeness (QED) is 0.725. The zero-order valence-electron chi connectivity index (χ0n) is 9.29. The highest BCUT2D eigenvalue weighted by Gasteiger charge is 2.25. The highest BCUT2D eigenvalue weighted by Crippen LogP contribution is 2.21. The second-order valence-electron chi connectivity index (χ2n) is 4.70. The van der Waals surface area contributed by atoms with Crippen molar-refractivity contribution in [3.05, 3.63) is 0 Å². The fourth-order valence-corrected chi connectivity index (χ4v) is 2.32. The number of hydrogen-bond donors (Lipinski definition) is 1. The minimum absolute atomic E-state index is 0.410. The lowest BCUT2D eigenvalue weighted by Crippen LogP contribution is -2.49. The van der Waals surface area contributed by atoms with E-state index in [1.54, 1.807) is 0 Å². The third-order valence-corrected chi connectivity index (χ3v) is 3.03. The molecule has 2 nitrogen and oxygen atoms in total. The minimum atomic E-state index is 0.410. The van der Waals surface area contributed by atoms with Gasteiger partial charge in [0.05, 0.1) is 0 Å². The van der Waals surface area contributed by atoms with Crippen molar-refractivity contribution in [2.24, 2.45) is 11.7 Å². The molecule has 1 aliphatic heterocycles. The van der Waals surface area contributed by atoms with Crippen LogP contribution in [0.3, 0.4) is 0 Å². The molecule has 2 heteroatoms. The predicted octanol–water partition coefficient (Wildman–Crippen LogP) is 1.84. The summed E-state index contributed by atoms with van der Waals surface area (Å²) in [6.45, 7) is 9.15. The summed E-state index contributed by atoms with van der Waals surface area (Å²) in [6.07, 6.45) is 3.87. The SMILES string of the molecule is CCCC1CC(N)CN(C(C)C)C1. The van der Waals surface area contributed by atoms with Gasteiger partial charge in [-0.05, 0) is 32.6 Å². The monoisotopic (exact) mass is 184 g/mol. The molecule has 1 heterocycles. The summed E-state index contributed by atoms with van der Waals surface area (Å²) in [5.41, 5.74) is 6.04. The molecule has 0 saturated carbocycles. The minimum Gasteiger partial charge on any atom is -0.327 e. The first kappa shape index (κ1) is 11.0. The van der Waals surface area contributed by atoms with E-state index in [-0.39, 0.29) is 0 Å². The van der Waals surface area contributed by atoms with E-state index in [0.717, 1.165) is 12.5 Å². The molecule has 78 valence electrons. The maximum Gasteiger partial charge on any atom is 0.0171 e. The van der Waals surface area contributed by atoms with E-state index in [0.29, 0.717) is 12.1 Å². The van der Waals surface area contributed by atoms with Gasteiger partial charge in [0.1, 0.15) is 0 Å². The Bertz CT molecular complexity index is 145. The van der Waals surface area contributed by atoms with Gasteiger partial charge in [0.25, 0.3) is 0 Å². The summed E-state index contributed by atoms with van der Waals surface area (Å²) in [4.78, 5) is 2.52. The zero-order valence-corrected chi connectivity index (χ0v) is 9.29. The van der Waals surface area contributed by atoms with Crippen molar-refractivity contribution in [1.82, 2.24) is 4.90 Å². The molecule has 0 radical (unpaired) electrons. The van der Waals surface area contributed by atoms with Crippen molar-refractivity contribution in [3.8, 4) is 0 Å². The topological polar surface area (TPSA) is 29.3 Å². The van der Waals surface area contributed by atoms with E-state index >= 15 is 0 Å². The smallest absolute Gasteiger partial charge is 0.0171 e. The molecular weight excluding hydrogens is 160 g/mol. The molecule has 0 aromatic rings. The third-order valence-electron chi connectivity index (χ3n) is 3.03. The maximum atomic E-state index is 6.04. The Hall–Kier alpha value is -0.0800. The van der Waals surface area contributed by atoms with Crippen LogP contribution in [-0.4, -0.2) is 30.1 Å². The second kappa shape index (κ2) is 4.97. The lowest BCUT2D eigenvalue weighted by atomic mass is 9.90. The van der Waals surface area contributed by atoms with E-state index in [4.69, 9.17) is 5.73 Å². The molecule has 0 spiro atoms. The van der Waals surface area contributed by atoms with Crippen molar-refractivity contribution in [3.63, 3.8) is 0 Å². The van der Waals surface area contributed by atoms with Crippen molar-refractivity contribution in [1.29, 1.82) is 0 Å². The summed E-state index contributed by atoms with van der Waals surface area (Å²) in [7, 11) is 0. The van der Waals surface area contributed by atoms with Crippen LogP contribution < -0.4 is 5.73 Å². The van der Waals surface area contributed by atoms with Crippen molar-refractivity contribution < 1.29 is 0 Å². The standard InChI is InChI=1S/C11H24N2/c1-4-5-10-6-11(12)8-13(7-10)9(2)3/h9-11H,4-8,12H2,1-3H3. The molecule has 0 aromatic heterocycles. The first-order valence-electron chi connectivity index (χ1n) is 5.63. The predicted molar refractivity (Wildman–Crippen MR) is 57.7 cm³/mol. The van der Waals surface area contributed by atoms with Crippen LogP contribution in [0.25, 0.3) is 0 Å². The molecule has 2 N–H and O–H groups in total. The summed E-state index contributed by atoms with van der Waals surface area (Å²) in [6, 6.07) is 1.07. The number of rotatable bonds is 3. The fourth-order valence-electron chi connectivity index (χ4n) is 2.32. The molecule has 2 unspecified atom stereocenters. The summed E-state index contributed by atoms with van der Waals surface area (Å²) >= 11 is 0. The molecule has 13 heavy (non-hydrogen) atoms. The normalized spacial score (nSPS) is 31.2. The van der Waals surface area contributed by atoms with Crippen LogP contribution in [-0.2, 0) is 0 Å². The molecule has 1 rings (SSSR count). The van der Waals surface area contributed by atoms with Crippen molar-refractivity contribution in [2.45, 2.75) is 52.1 Å². The molecule has 1 aliphatic rings. The van der Waals surface area contributed by atoms with Gasteiger partial charge in [0.15, 0.2) is 0 Å². The van der Waals surface area contributed by atoms with Gasteiger partial charge in [-0.2, -0.15) is 0 Å². The number of hydrogen-bond acceptors (Lipinski definition) is 2.